The van der Waals surface area contributed by atoms with Crippen LogP contribution >= 0.6 is 0 Å². The summed E-state index contributed by atoms with van der Waals surface area (Å²) in [4.78, 5) is 23.2. The first-order valence-electron chi connectivity index (χ1n) is 4.92. The Kier molecular flexibility index (Phi) is 6.70. The van der Waals surface area contributed by atoms with Crippen molar-refractivity contribution in [1.82, 2.24) is 4.90 Å². The van der Waals surface area contributed by atoms with Crippen molar-refractivity contribution in [3.05, 3.63) is 0 Å². The summed E-state index contributed by atoms with van der Waals surface area (Å²) in [7, 11) is 1.55. The van der Waals surface area contributed by atoms with Crippen molar-refractivity contribution in [3.63, 3.8) is 0 Å². The summed E-state index contributed by atoms with van der Waals surface area (Å²) in [5.74, 6) is -0.578. The molecule has 0 aliphatic carbocycles. The molecular formula is C10H19NO4. The van der Waals surface area contributed by atoms with Crippen LogP contribution in [0.3, 0.4) is 0 Å². The molecule has 0 unspecified atom stereocenters. The van der Waals surface area contributed by atoms with Gasteiger partial charge in [0.05, 0.1) is 12.7 Å². The Morgan fingerprint density at radius 1 is 1.27 bits per heavy atom. The summed E-state index contributed by atoms with van der Waals surface area (Å²) < 4.78 is 10.0. The molecule has 0 saturated heterocycles. The maximum atomic E-state index is 11.1. The van der Waals surface area contributed by atoms with E-state index >= 15 is 0 Å². The van der Waals surface area contributed by atoms with E-state index in [1.165, 1.54) is 11.8 Å². The minimum Gasteiger partial charge on any atom is -0.462 e. The number of esters is 1. The molecule has 0 aliphatic heterocycles. The van der Waals surface area contributed by atoms with Gasteiger partial charge in [-0.15, -0.1) is 0 Å². The zero-order valence-corrected chi connectivity index (χ0v) is 9.78. The van der Waals surface area contributed by atoms with Gasteiger partial charge in [-0.05, 0) is 13.8 Å². The van der Waals surface area contributed by atoms with Crippen LogP contribution in [0.4, 0.5) is 0 Å². The maximum absolute atomic E-state index is 11.1. The lowest BCUT2D eigenvalue weighted by Gasteiger charge is -2.14. The first kappa shape index (κ1) is 13.9. The number of ether oxygens (including phenoxy) is 2. The highest BCUT2D eigenvalue weighted by molar-refractivity contribution is 5.80. The van der Waals surface area contributed by atoms with Gasteiger partial charge in [0.2, 0.25) is 5.91 Å². The highest BCUT2D eigenvalue weighted by Crippen LogP contribution is 1.90. The molecule has 0 aromatic rings. The van der Waals surface area contributed by atoms with Crippen molar-refractivity contribution in [2.24, 2.45) is 0 Å². The molecule has 0 N–H and O–H groups in total. The van der Waals surface area contributed by atoms with Crippen LogP contribution in [-0.2, 0) is 19.1 Å². The number of amides is 1. The molecule has 0 heterocycles. The molecule has 5 nitrogen and oxygen atoms in total. The molecule has 0 aromatic carbocycles. The summed E-state index contributed by atoms with van der Waals surface area (Å²) >= 11 is 0. The van der Waals surface area contributed by atoms with Gasteiger partial charge in [0.1, 0.15) is 13.2 Å². The number of likely N-dealkylation sites (N-methyl/N-ethyl adjacent to an activating group) is 1. The molecule has 0 saturated carbocycles. The second-order valence-corrected chi connectivity index (χ2v) is 3.52. The lowest BCUT2D eigenvalue weighted by Crippen LogP contribution is -2.31. The Balaban J connectivity index is 3.54. The van der Waals surface area contributed by atoms with Crippen LogP contribution in [-0.4, -0.2) is 49.7 Å². The largest absolute Gasteiger partial charge is 0.462 e. The molecule has 1 amide bonds. The van der Waals surface area contributed by atoms with Gasteiger partial charge >= 0.3 is 5.97 Å². The molecule has 0 atom stereocenters. The normalized spacial score (nSPS) is 10.2. The van der Waals surface area contributed by atoms with Gasteiger partial charge in [0.15, 0.2) is 0 Å². The molecule has 88 valence electrons. The minimum atomic E-state index is -0.417. The van der Waals surface area contributed by atoms with Gasteiger partial charge in [0, 0.05) is 14.0 Å². The van der Waals surface area contributed by atoms with Crippen molar-refractivity contribution >= 4 is 11.9 Å². The lowest BCUT2D eigenvalue weighted by atomic mass is 10.5. The van der Waals surface area contributed by atoms with Crippen LogP contribution in [0, 0.1) is 0 Å². The topological polar surface area (TPSA) is 55.8 Å². The maximum Gasteiger partial charge on any atom is 0.325 e. The molecule has 0 radical (unpaired) electrons. The van der Waals surface area contributed by atoms with E-state index in [2.05, 4.69) is 0 Å². The molecule has 0 spiro atoms. The predicted molar refractivity (Wildman–Crippen MR) is 55.4 cm³/mol. The fourth-order valence-corrected chi connectivity index (χ4v) is 0.790. The van der Waals surface area contributed by atoms with Crippen LogP contribution in [0.25, 0.3) is 0 Å². The molecule has 0 bridgehead atoms. The second kappa shape index (κ2) is 7.23. The SMILES string of the molecule is CC(=O)N(C)CC(=O)OCCOC(C)C. The minimum absolute atomic E-state index is 0.0169. The van der Waals surface area contributed by atoms with E-state index in [0.29, 0.717) is 6.61 Å². The fourth-order valence-electron chi connectivity index (χ4n) is 0.790. The number of rotatable bonds is 6. The highest BCUT2D eigenvalue weighted by Gasteiger charge is 2.09. The summed E-state index contributed by atoms with van der Waals surface area (Å²) in [6, 6.07) is 0. The van der Waals surface area contributed by atoms with Gasteiger partial charge in [-0.25, -0.2) is 0 Å². The quantitative estimate of drug-likeness (QED) is 0.478. The average Bonchev–Trinajstić information content (AvgIpc) is 2.12. The molecule has 0 aliphatic rings. The van der Waals surface area contributed by atoms with Crippen molar-refractivity contribution in [2.75, 3.05) is 26.8 Å². The first-order valence-corrected chi connectivity index (χ1v) is 4.92. The van der Waals surface area contributed by atoms with Crippen LogP contribution in [0.2, 0.25) is 0 Å². The lowest BCUT2D eigenvalue weighted by molar-refractivity contribution is -0.149. The van der Waals surface area contributed by atoms with E-state index in [4.69, 9.17) is 9.47 Å². The Bertz CT molecular complexity index is 215. The molecular weight excluding hydrogens is 198 g/mol. The Morgan fingerprint density at radius 3 is 2.33 bits per heavy atom. The summed E-state index contributed by atoms with van der Waals surface area (Å²) in [5.41, 5.74) is 0. The van der Waals surface area contributed by atoms with Crippen LogP contribution < -0.4 is 0 Å². The molecule has 0 rings (SSSR count). The van der Waals surface area contributed by atoms with Gasteiger partial charge < -0.3 is 14.4 Å². The van der Waals surface area contributed by atoms with Crippen LogP contribution in [0.15, 0.2) is 0 Å². The highest BCUT2D eigenvalue weighted by atomic mass is 16.6. The van der Waals surface area contributed by atoms with Crippen LogP contribution in [0.1, 0.15) is 20.8 Å². The van der Waals surface area contributed by atoms with Crippen molar-refractivity contribution in [3.8, 4) is 0 Å². The van der Waals surface area contributed by atoms with E-state index < -0.39 is 5.97 Å². The molecule has 15 heavy (non-hydrogen) atoms. The van der Waals surface area contributed by atoms with E-state index in [9.17, 15) is 9.59 Å². The zero-order valence-electron chi connectivity index (χ0n) is 9.78. The summed E-state index contributed by atoms with van der Waals surface area (Å²) in [6.45, 7) is 5.80. The smallest absolute Gasteiger partial charge is 0.325 e. The number of hydrogen-bond acceptors (Lipinski definition) is 4. The fraction of sp³-hybridized carbons (Fsp3) is 0.800. The standard InChI is InChI=1S/C10H19NO4/c1-8(2)14-5-6-15-10(13)7-11(4)9(3)12/h8H,5-7H2,1-4H3. The Morgan fingerprint density at radius 2 is 1.87 bits per heavy atom. The van der Waals surface area contributed by atoms with Gasteiger partial charge in [-0.2, -0.15) is 0 Å². The van der Waals surface area contributed by atoms with Gasteiger partial charge in [-0.1, -0.05) is 0 Å². The van der Waals surface area contributed by atoms with Crippen LogP contribution in [0.5, 0.6) is 0 Å². The first-order chi connectivity index (χ1) is 6.93. The number of hydrogen-bond donors (Lipinski definition) is 0. The van der Waals surface area contributed by atoms with E-state index in [0.717, 1.165) is 0 Å². The zero-order chi connectivity index (χ0) is 11.8. The summed E-state index contributed by atoms with van der Waals surface area (Å²) in [6.07, 6.45) is 0.128. The van der Waals surface area contributed by atoms with E-state index in [1.54, 1.807) is 7.05 Å². The van der Waals surface area contributed by atoms with Gasteiger partial charge in [0.25, 0.3) is 0 Å². The molecule has 5 heteroatoms. The third-order valence-electron chi connectivity index (χ3n) is 1.70. The van der Waals surface area contributed by atoms with Gasteiger partial charge in [-0.3, -0.25) is 9.59 Å². The third-order valence-corrected chi connectivity index (χ3v) is 1.70. The number of carbonyl (C=O) groups excluding carboxylic acids is 2. The Labute approximate surface area is 90.3 Å². The van der Waals surface area contributed by atoms with E-state index in [-0.39, 0.29) is 25.2 Å². The Hall–Kier alpha value is -1.10. The average molecular weight is 217 g/mol. The number of nitrogens with zero attached hydrogens (tertiary/aromatic N) is 1. The second-order valence-electron chi connectivity index (χ2n) is 3.52. The third kappa shape index (κ3) is 7.93. The van der Waals surface area contributed by atoms with E-state index in [1.807, 2.05) is 13.8 Å². The van der Waals surface area contributed by atoms with Crippen molar-refractivity contribution < 1.29 is 19.1 Å². The predicted octanol–water partition coefficient (Wildman–Crippen LogP) is 0.433. The monoisotopic (exact) mass is 217 g/mol. The molecule has 0 aromatic heterocycles. The van der Waals surface area contributed by atoms with Crippen molar-refractivity contribution in [2.45, 2.75) is 26.9 Å². The summed E-state index contributed by atoms with van der Waals surface area (Å²) in [5, 5.41) is 0. The molecule has 0 fully saturated rings. The van der Waals surface area contributed by atoms with Crippen molar-refractivity contribution in [1.29, 1.82) is 0 Å². The number of carbonyl (C=O) groups is 2.